The van der Waals surface area contributed by atoms with Gasteiger partial charge in [-0.25, -0.2) is 0 Å². The van der Waals surface area contributed by atoms with Gasteiger partial charge in [-0.2, -0.15) is 0 Å². The Labute approximate surface area is 108 Å². The number of benzene rings is 1. The molecule has 1 amide bonds. The van der Waals surface area contributed by atoms with Gasteiger partial charge in [-0.05, 0) is 30.5 Å². The number of nitrogens with one attached hydrogen (secondary N) is 1. The van der Waals surface area contributed by atoms with Gasteiger partial charge in [0.05, 0.1) is 6.54 Å². The fourth-order valence-electron chi connectivity index (χ4n) is 2.14. The monoisotopic (exact) mass is 255 g/mol. The number of nitrogen functional groups attached to an aromatic ring is 1. The molecule has 2 rings (SSSR count). The highest BCUT2D eigenvalue weighted by Crippen LogP contribution is 2.30. The maximum atomic E-state index is 11.4. The fraction of sp³-hybridized carbons (Fsp3) is 0.417. The number of amides is 1. The molecule has 0 saturated heterocycles. The Bertz CT molecular complexity index is 409. The van der Waals surface area contributed by atoms with Gasteiger partial charge in [0.25, 0.3) is 0 Å². The molecule has 0 unspecified atom stereocenters. The standard InChI is InChI=1S/C12H17N3O.ClH/c1-14-12(16)8-15-7-3-4-9-10(13)5-2-6-11(9)15;/h2,5-6H,3-4,7-8,13H2,1H3,(H,14,16);1H. The Morgan fingerprint density at radius 1 is 1.53 bits per heavy atom. The topological polar surface area (TPSA) is 58.4 Å². The lowest BCUT2D eigenvalue weighted by Gasteiger charge is -2.31. The molecule has 0 fully saturated rings. The largest absolute Gasteiger partial charge is 0.398 e. The summed E-state index contributed by atoms with van der Waals surface area (Å²) in [6.45, 7) is 1.33. The molecule has 0 bridgehead atoms. The summed E-state index contributed by atoms with van der Waals surface area (Å²) in [4.78, 5) is 13.5. The number of hydrogen-bond donors (Lipinski definition) is 2. The highest BCUT2D eigenvalue weighted by Gasteiger charge is 2.19. The van der Waals surface area contributed by atoms with Crippen molar-refractivity contribution in [3.63, 3.8) is 0 Å². The molecular weight excluding hydrogens is 238 g/mol. The van der Waals surface area contributed by atoms with Crippen LogP contribution >= 0.6 is 12.4 Å². The van der Waals surface area contributed by atoms with Crippen molar-refractivity contribution >= 4 is 29.7 Å². The smallest absolute Gasteiger partial charge is 0.239 e. The predicted octanol–water partition coefficient (Wildman–Crippen LogP) is 1.19. The number of anilines is 2. The molecule has 1 aliphatic rings. The molecule has 1 aromatic rings. The van der Waals surface area contributed by atoms with Crippen LogP contribution in [-0.2, 0) is 11.2 Å². The van der Waals surface area contributed by atoms with Crippen LogP contribution in [0.5, 0.6) is 0 Å². The van der Waals surface area contributed by atoms with Gasteiger partial charge in [0.1, 0.15) is 0 Å². The number of hydrogen-bond acceptors (Lipinski definition) is 3. The minimum Gasteiger partial charge on any atom is -0.398 e. The number of rotatable bonds is 2. The summed E-state index contributed by atoms with van der Waals surface area (Å²) in [6, 6.07) is 5.90. The number of nitrogens with two attached hydrogens (primary N) is 1. The molecule has 1 aromatic carbocycles. The third kappa shape index (κ3) is 2.82. The van der Waals surface area contributed by atoms with E-state index in [1.54, 1.807) is 7.05 Å². The van der Waals surface area contributed by atoms with Gasteiger partial charge in [-0.1, -0.05) is 6.07 Å². The van der Waals surface area contributed by atoms with Crippen molar-refractivity contribution in [2.45, 2.75) is 12.8 Å². The van der Waals surface area contributed by atoms with E-state index >= 15 is 0 Å². The number of carbonyl (C=O) groups excluding carboxylic acids is 1. The molecule has 0 aromatic heterocycles. The zero-order valence-corrected chi connectivity index (χ0v) is 10.7. The molecular formula is C12H18ClN3O. The van der Waals surface area contributed by atoms with E-state index in [0.717, 1.165) is 30.8 Å². The molecule has 4 nitrogen and oxygen atoms in total. The molecule has 94 valence electrons. The van der Waals surface area contributed by atoms with Crippen molar-refractivity contribution in [3.05, 3.63) is 23.8 Å². The fourth-order valence-corrected chi connectivity index (χ4v) is 2.14. The molecule has 0 atom stereocenters. The molecule has 0 radical (unpaired) electrons. The maximum absolute atomic E-state index is 11.4. The third-order valence-electron chi connectivity index (χ3n) is 3.00. The molecule has 0 spiro atoms. The maximum Gasteiger partial charge on any atom is 0.239 e. The summed E-state index contributed by atoms with van der Waals surface area (Å²) < 4.78 is 0. The molecule has 17 heavy (non-hydrogen) atoms. The zero-order valence-electron chi connectivity index (χ0n) is 9.90. The summed E-state index contributed by atoms with van der Waals surface area (Å²) >= 11 is 0. The molecule has 1 aliphatic heterocycles. The van der Waals surface area contributed by atoms with Crippen molar-refractivity contribution in [1.82, 2.24) is 5.32 Å². The van der Waals surface area contributed by atoms with Crippen molar-refractivity contribution in [1.29, 1.82) is 0 Å². The van der Waals surface area contributed by atoms with E-state index in [9.17, 15) is 4.79 Å². The van der Waals surface area contributed by atoms with Gasteiger partial charge in [0.15, 0.2) is 0 Å². The number of carbonyl (C=O) groups is 1. The van der Waals surface area contributed by atoms with Crippen molar-refractivity contribution < 1.29 is 4.79 Å². The van der Waals surface area contributed by atoms with Crippen LogP contribution in [0.2, 0.25) is 0 Å². The highest BCUT2D eigenvalue weighted by atomic mass is 35.5. The lowest BCUT2D eigenvalue weighted by atomic mass is 10.00. The van der Waals surface area contributed by atoms with Crippen molar-refractivity contribution in [2.75, 3.05) is 30.8 Å². The first-order valence-electron chi connectivity index (χ1n) is 5.55. The average molecular weight is 256 g/mol. The summed E-state index contributed by atoms with van der Waals surface area (Å²) in [6.07, 6.45) is 2.06. The van der Waals surface area contributed by atoms with Gasteiger partial charge in [0, 0.05) is 25.0 Å². The number of halogens is 1. The second-order valence-corrected chi connectivity index (χ2v) is 4.04. The average Bonchev–Trinajstić information content (AvgIpc) is 2.30. The molecule has 5 heteroatoms. The molecule has 3 N–H and O–H groups in total. The molecule has 0 saturated carbocycles. The van der Waals surface area contributed by atoms with Gasteiger partial charge in [-0.3, -0.25) is 4.79 Å². The van der Waals surface area contributed by atoms with Crippen molar-refractivity contribution in [3.8, 4) is 0 Å². The Hall–Kier alpha value is -1.42. The van der Waals surface area contributed by atoms with Crippen LogP contribution in [0.4, 0.5) is 11.4 Å². The summed E-state index contributed by atoms with van der Waals surface area (Å²) in [5, 5.41) is 2.65. The lowest BCUT2D eigenvalue weighted by molar-refractivity contribution is -0.119. The third-order valence-corrected chi connectivity index (χ3v) is 3.00. The first-order valence-corrected chi connectivity index (χ1v) is 5.55. The number of nitrogens with zero attached hydrogens (tertiary/aromatic N) is 1. The van der Waals surface area contributed by atoms with E-state index < -0.39 is 0 Å². The number of likely N-dealkylation sites (N-methyl/N-ethyl adjacent to an activating group) is 1. The van der Waals surface area contributed by atoms with Crippen LogP contribution in [0, 0.1) is 0 Å². The van der Waals surface area contributed by atoms with E-state index in [1.165, 1.54) is 5.56 Å². The normalized spacial score (nSPS) is 13.6. The van der Waals surface area contributed by atoms with E-state index in [1.807, 2.05) is 18.2 Å². The van der Waals surface area contributed by atoms with Crippen LogP contribution in [0.1, 0.15) is 12.0 Å². The highest BCUT2D eigenvalue weighted by molar-refractivity contribution is 5.85. The first kappa shape index (κ1) is 13.6. The van der Waals surface area contributed by atoms with Gasteiger partial charge in [0.2, 0.25) is 5.91 Å². The Kier molecular flexibility index (Phi) is 4.63. The predicted molar refractivity (Wildman–Crippen MR) is 72.7 cm³/mol. The van der Waals surface area contributed by atoms with Gasteiger partial charge < -0.3 is 16.0 Å². The SMILES string of the molecule is CNC(=O)CN1CCCc2c(N)cccc21.Cl. The van der Waals surface area contributed by atoms with Crippen molar-refractivity contribution in [2.24, 2.45) is 0 Å². The lowest BCUT2D eigenvalue weighted by Crippen LogP contribution is -2.38. The Morgan fingerprint density at radius 3 is 3.00 bits per heavy atom. The second kappa shape index (κ2) is 5.77. The summed E-state index contributed by atoms with van der Waals surface area (Å²) in [7, 11) is 1.66. The van der Waals surface area contributed by atoms with E-state index in [0.29, 0.717) is 6.54 Å². The van der Waals surface area contributed by atoms with E-state index in [-0.39, 0.29) is 18.3 Å². The minimum absolute atomic E-state index is 0. The van der Waals surface area contributed by atoms with Crippen LogP contribution in [-0.4, -0.2) is 26.0 Å². The Balaban J connectivity index is 0.00000144. The summed E-state index contributed by atoms with van der Waals surface area (Å²) in [5.74, 6) is 0.0373. The quantitative estimate of drug-likeness (QED) is 0.781. The van der Waals surface area contributed by atoms with Gasteiger partial charge >= 0.3 is 0 Å². The van der Waals surface area contributed by atoms with E-state index in [2.05, 4.69) is 10.2 Å². The van der Waals surface area contributed by atoms with Crippen LogP contribution in [0.15, 0.2) is 18.2 Å². The minimum atomic E-state index is 0. The second-order valence-electron chi connectivity index (χ2n) is 4.04. The van der Waals surface area contributed by atoms with Crippen LogP contribution < -0.4 is 16.0 Å². The molecule has 0 aliphatic carbocycles. The summed E-state index contributed by atoms with van der Waals surface area (Å²) in [5.41, 5.74) is 9.06. The van der Waals surface area contributed by atoms with Gasteiger partial charge in [-0.15, -0.1) is 12.4 Å². The zero-order chi connectivity index (χ0) is 11.5. The first-order chi connectivity index (χ1) is 7.72. The Morgan fingerprint density at radius 2 is 2.29 bits per heavy atom. The van der Waals surface area contributed by atoms with E-state index in [4.69, 9.17) is 5.73 Å². The number of fused-ring (bicyclic) bond motifs is 1. The van der Waals surface area contributed by atoms with Crippen LogP contribution in [0.25, 0.3) is 0 Å². The van der Waals surface area contributed by atoms with Crippen LogP contribution in [0.3, 0.4) is 0 Å². The molecule has 1 heterocycles.